The number of hydrogen-bond acceptors (Lipinski definition) is 4. The summed E-state index contributed by atoms with van der Waals surface area (Å²) in [5, 5.41) is 0. The third-order valence-electron chi connectivity index (χ3n) is 2.83. The summed E-state index contributed by atoms with van der Waals surface area (Å²) in [7, 11) is 0. The summed E-state index contributed by atoms with van der Waals surface area (Å²) in [6, 6.07) is 15.1. The van der Waals surface area contributed by atoms with Crippen LogP contribution in [0.1, 0.15) is 13.3 Å². The highest BCUT2D eigenvalue weighted by Gasteiger charge is 2.04. The van der Waals surface area contributed by atoms with Crippen molar-refractivity contribution >= 4 is 5.69 Å². The van der Waals surface area contributed by atoms with Crippen LogP contribution in [0.5, 0.6) is 17.2 Å². The topological polar surface area (TPSA) is 53.7 Å². The van der Waals surface area contributed by atoms with Gasteiger partial charge in [0.05, 0.1) is 12.3 Å². The fourth-order valence-corrected chi connectivity index (χ4v) is 1.82. The minimum Gasteiger partial charge on any atom is -0.490 e. The van der Waals surface area contributed by atoms with Crippen molar-refractivity contribution in [1.29, 1.82) is 0 Å². The van der Waals surface area contributed by atoms with Crippen molar-refractivity contribution < 1.29 is 14.2 Å². The minimum atomic E-state index is 0.427. The van der Waals surface area contributed by atoms with Gasteiger partial charge in [0.25, 0.3) is 0 Å². The molecule has 0 saturated carbocycles. The minimum absolute atomic E-state index is 0.427. The standard InChI is InChI=1S/C17H21NO3/c1-2-11-19-16-9-5-6-10-17(16)21-13-12-20-15-8-4-3-7-14(15)18/h3-10H,2,11-13,18H2,1H3. The Morgan fingerprint density at radius 1 is 0.714 bits per heavy atom. The Labute approximate surface area is 125 Å². The molecule has 0 saturated heterocycles. The second kappa shape index (κ2) is 8.04. The van der Waals surface area contributed by atoms with Crippen LogP contribution in [0.15, 0.2) is 48.5 Å². The number of rotatable bonds is 8. The Morgan fingerprint density at radius 3 is 1.76 bits per heavy atom. The number of para-hydroxylation sites is 4. The molecule has 0 atom stereocenters. The molecule has 0 unspecified atom stereocenters. The SMILES string of the molecule is CCCOc1ccccc1OCCOc1ccccc1N. The van der Waals surface area contributed by atoms with Crippen LogP contribution in [-0.2, 0) is 0 Å². The molecule has 0 spiro atoms. The van der Waals surface area contributed by atoms with Crippen molar-refractivity contribution in [3.8, 4) is 17.2 Å². The van der Waals surface area contributed by atoms with Gasteiger partial charge in [-0.3, -0.25) is 0 Å². The van der Waals surface area contributed by atoms with Gasteiger partial charge in [0.15, 0.2) is 11.5 Å². The highest BCUT2D eigenvalue weighted by molar-refractivity contribution is 5.51. The molecule has 4 heteroatoms. The maximum atomic E-state index is 5.81. The maximum absolute atomic E-state index is 5.81. The Morgan fingerprint density at radius 2 is 1.19 bits per heavy atom. The molecule has 0 radical (unpaired) electrons. The lowest BCUT2D eigenvalue weighted by Crippen LogP contribution is -2.10. The smallest absolute Gasteiger partial charge is 0.161 e. The summed E-state index contributed by atoms with van der Waals surface area (Å²) in [6.45, 7) is 3.61. The molecule has 2 aromatic carbocycles. The van der Waals surface area contributed by atoms with Crippen LogP contribution < -0.4 is 19.9 Å². The number of benzene rings is 2. The molecule has 0 bridgehead atoms. The zero-order valence-electron chi connectivity index (χ0n) is 12.2. The van der Waals surface area contributed by atoms with Crippen molar-refractivity contribution in [2.24, 2.45) is 0 Å². The molecule has 0 aliphatic rings. The van der Waals surface area contributed by atoms with Gasteiger partial charge in [-0.05, 0) is 30.7 Å². The first-order valence-corrected chi connectivity index (χ1v) is 7.13. The lowest BCUT2D eigenvalue weighted by molar-refractivity contribution is 0.207. The third-order valence-corrected chi connectivity index (χ3v) is 2.83. The molecule has 0 fully saturated rings. The van der Waals surface area contributed by atoms with E-state index in [9.17, 15) is 0 Å². The van der Waals surface area contributed by atoms with E-state index in [2.05, 4.69) is 6.92 Å². The van der Waals surface area contributed by atoms with Gasteiger partial charge in [-0.1, -0.05) is 31.2 Å². The predicted octanol–water partition coefficient (Wildman–Crippen LogP) is 3.52. The molecular formula is C17H21NO3. The van der Waals surface area contributed by atoms with Crippen LogP contribution in [0.2, 0.25) is 0 Å². The van der Waals surface area contributed by atoms with Gasteiger partial charge in [-0.2, -0.15) is 0 Å². The van der Waals surface area contributed by atoms with E-state index in [4.69, 9.17) is 19.9 Å². The summed E-state index contributed by atoms with van der Waals surface area (Å²) >= 11 is 0. The van der Waals surface area contributed by atoms with E-state index in [-0.39, 0.29) is 0 Å². The van der Waals surface area contributed by atoms with Crippen LogP contribution in [0.4, 0.5) is 5.69 Å². The molecule has 2 N–H and O–H groups in total. The molecule has 0 aliphatic carbocycles. The fraction of sp³-hybridized carbons (Fsp3) is 0.294. The first-order valence-electron chi connectivity index (χ1n) is 7.13. The number of anilines is 1. The Balaban J connectivity index is 1.82. The van der Waals surface area contributed by atoms with Crippen molar-refractivity contribution in [2.75, 3.05) is 25.6 Å². The van der Waals surface area contributed by atoms with Crippen LogP contribution in [0.3, 0.4) is 0 Å². The second-order valence-corrected chi connectivity index (χ2v) is 4.53. The Bertz CT molecular complexity index is 557. The van der Waals surface area contributed by atoms with Crippen LogP contribution in [0.25, 0.3) is 0 Å². The van der Waals surface area contributed by atoms with Crippen molar-refractivity contribution in [2.45, 2.75) is 13.3 Å². The number of hydrogen-bond donors (Lipinski definition) is 1. The number of nitrogen functional groups attached to an aromatic ring is 1. The van der Waals surface area contributed by atoms with E-state index in [1.807, 2.05) is 48.5 Å². The molecule has 0 heterocycles. The fourth-order valence-electron chi connectivity index (χ4n) is 1.82. The molecule has 0 amide bonds. The maximum Gasteiger partial charge on any atom is 0.161 e. The highest BCUT2D eigenvalue weighted by atomic mass is 16.5. The van der Waals surface area contributed by atoms with Gasteiger partial charge in [0, 0.05) is 0 Å². The van der Waals surface area contributed by atoms with Crippen LogP contribution in [0, 0.1) is 0 Å². The predicted molar refractivity (Wildman–Crippen MR) is 84.1 cm³/mol. The van der Waals surface area contributed by atoms with E-state index in [1.54, 1.807) is 0 Å². The first-order chi connectivity index (χ1) is 10.3. The quantitative estimate of drug-likeness (QED) is 0.596. The molecule has 2 aromatic rings. The van der Waals surface area contributed by atoms with E-state index in [1.165, 1.54) is 0 Å². The molecule has 0 aromatic heterocycles. The van der Waals surface area contributed by atoms with E-state index in [0.29, 0.717) is 31.3 Å². The molecule has 4 nitrogen and oxygen atoms in total. The summed E-state index contributed by atoms with van der Waals surface area (Å²) in [5.74, 6) is 2.17. The molecule has 2 rings (SSSR count). The van der Waals surface area contributed by atoms with E-state index >= 15 is 0 Å². The van der Waals surface area contributed by atoms with Crippen molar-refractivity contribution in [1.82, 2.24) is 0 Å². The lowest BCUT2D eigenvalue weighted by Gasteiger charge is -2.13. The van der Waals surface area contributed by atoms with Crippen molar-refractivity contribution in [3.63, 3.8) is 0 Å². The van der Waals surface area contributed by atoms with Gasteiger partial charge < -0.3 is 19.9 Å². The zero-order valence-corrected chi connectivity index (χ0v) is 12.2. The van der Waals surface area contributed by atoms with E-state index in [0.717, 1.165) is 17.9 Å². The van der Waals surface area contributed by atoms with E-state index < -0.39 is 0 Å². The first kappa shape index (κ1) is 15.0. The normalized spacial score (nSPS) is 10.1. The van der Waals surface area contributed by atoms with Crippen LogP contribution in [-0.4, -0.2) is 19.8 Å². The average Bonchev–Trinajstić information content (AvgIpc) is 2.52. The lowest BCUT2D eigenvalue weighted by atomic mass is 10.3. The monoisotopic (exact) mass is 287 g/mol. The highest BCUT2D eigenvalue weighted by Crippen LogP contribution is 2.26. The number of nitrogens with two attached hydrogens (primary N) is 1. The summed E-state index contributed by atoms with van der Waals surface area (Å²) in [6.07, 6.45) is 0.963. The Kier molecular flexibility index (Phi) is 5.76. The molecule has 112 valence electrons. The molecule has 21 heavy (non-hydrogen) atoms. The van der Waals surface area contributed by atoms with Gasteiger partial charge in [0.2, 0.25) is 0 Å². The second-order valence-electron chi connectivity index (χ2n) is 4.53. The molecule has 0 aliphatic heterocycles. The number of ether oxygens (including phenoxy) is 3. The van der Waals surface area contributed by atoms with Gasteiger partial charge in [-0.15, -0.1) is 0 Å². The summed E-state index contributed by atoms with van der Waals surface area (Å²) < 4.78 is 16.9. The third kappa shape index (κ3) is 4.60. The van der Waals surface area contributed by atoms with Gasteiger partial charge in [-0.25, -0.2) is 0 Å². The van der Waals surface area contributed by atoms with Gasteiger partial charge in [0.1, 0.15) is 19.0 Å². The zero-order chi connectivity index (χ0) is 14.9. The van der Waals surface area contributed by atoms with Gasteiger partial charge >= 0.3 is 0 Å². The molecular weight excluding hydrogens is 266 g/mol. The summed E-state index contributed by atoms with van der Waals surface area (Å²) in [4.78, 5) is 0. The Hall–Kier alpha value is -2.36. The van der Waals surface area contributed by atoms with Crippen molar-refractivity contribution in [3.05, 3.63) is 48.5 Å². The summed E-state index contributed by atoms with van der Waals surface area (Å²) in [5.41, 5.74) is 6.44. The largest absolute Gasteiger partial charge is 0.490 e. The average molecular weight is 287 g/mol. The van der Waals surface area contributed by atoms with Crippen LogP contribution >= 0.6 is 0 Å².